The highest BCUT2D eigenvalue weighted by molar-refractivity contribution is 7.09. The molecule has 94 valence electrons. The molecule has 4 heteroatoms. The number of fused-ring (bicyclic) bond motifs is 1. The molecule has 0 bridgehead atoms. The minimum Gasteiger partial charge on any atom is -0.360 e. The van der Waals surface area contributed by atoms with E-state index in [1.165, 1.54) is 22.7 Å². The van der Waals surface area contributed by atoms with Crippen LogP contribution in [0.3, 0.4) is 0 Å². The van der Waals surface area contributed by atoms with Gasteiger partial charge in [-0.3, -0.25) is 0 Å². The van der Waals surface area contributed by atoms with E-state index >= 15 is 0 Å². The van der Waals surface area contributed by atoms with Crippen molar-refractivity contribution in [1.29, 1.82) is 0 Å². The minimum atomic E-state index is 0.468. The maximum Gasteiger partial charge on any atom is 0.202 e. The summed E-state index contributed by atoms with van der Waals surface area (Å²) in [6.45, 7) is 3.13. The van der Waals surface area contributed by atoms with Crippen LogP contribution in [0.4, 0.5) is 5.13 Å². The van der Waals surface area contributed by atoms with Gasteiger partial charge >= 0.3 is 0 Å². The summed E-state index contributed by atoms with van der Waals surface area (Å²) in [6, 6.07) is 8.67. The molecule has 1 heterocycles. The molecule has 2 aromatic rings. The third-order valence-corrected chi connectivity index (χ3v) is 4.07. The lowest BCUT2D eigenvalue weighted by atomic mass is 10.1. The first-order valence-corrected chi connectivity index (χ1v) is 7.28. The van der Waals surface area contributed by atoms with E-state index in [1.807, 2.05) is 0 Å². The van der Waals surface area contributed by atoms with Crippen molar-refractivity contribution >= 4 is 16.7 Å². The van der Waals surface area contributed by atoms with Crippen LogP contribution in [0.15, 0.2) is 24.3 Å². The van der Waals surface area contributed by atoms with E-state index in [2.05, 4.69) is 45.9 Å². The lowest BCUT2D eigenvalue weighted by Gasteiger charge is -2.02. The van der Waals surface area contributed by atoms with Gasteiger partial charge in [0.05, 0.1) is 0 Å². The van der Waals surface area contributed by atoms with Crippen LogP contribution in [-0.2, 0) is 12.8 Å². The first-order valence-electron chi connectivity index (χ1n) is 6.51. The molecule has 0 saturated carbocycles. The van der Waals surface area contributed by atoms with Crippen molar-refractivity contribution in [2.45, 2.75) is 32.1 Å². The quantitative estimate of drug-likeness (QED) is 0.916. The van der Waals surface area contributed by atoms with Gasteiger partial charge in [0.2, 0.25) is 5.13 Å². The molecule has 0 saturated heterocycles. The molecule has 0 aliphatic heterocycles. The Labute approximate surface area is 111 Å². The summed E-state index contributed by atoms with van der Waals surface area (Å²) in [4.78, 5) is 4.61. The van der Waals surface area contributed by atoms with Gasteiger partial charge in [-0.05, 0) is 30.4 Å². The van der Waals surface area contributed by atoms with Crippen molar-refractivity contribution in [2.75, 3.05) is 11.9 Å². The lowest BCUT2D eigenvalue weighted by molar-refractivity contribution is 0.697. The zero-order valence-electron chi connectivity index (χ0n) is 10.5. The number of hydrogen-bond acceptors (Lipinski definition) is 4. The van der Waals surface area contributed by atoms with E-state index < -0.39 is 0 Å². The molecular weight excluding hydrogens is 242 g/mol. The van der Waals surface area contributed by atoms with E-state index in [-0.39, 0.29) is 0 Å². The van der Waals surface area contributed by atoms with Crippen molar-refractivity contribution in [3.63, 3.8) is 0 Å². The Morgan fingerprint density at radius 1 is 1.28 bits per heavy atom. The number of rotatable bonds is 4. The van der Waals surface area contributed by atoms with Crippen LogP contribution in [0, 0.1) is 0 Å². The predicted molar refractivity (Wildman–Crippen MR) is 75.3 cm³/mol. The average molecular weight is 259 g/mol. The standard InChI is InChI=1S/C14H17N3S/c1-2-7-15-14-16-13(17-18-14)12-8-10-5-3-4-6-11(10)9-12/h3-6,12H,2,7-9H2,1H3,(H,15,16,17). The second-order valence-electron chi connectivity index (χ2n) is 4.76. The van der Waals surface area contributed by atoms with E-state index in [9.17, 15) is 0 Å². The van der Waals surface area contributed by atoms with Gasteiger partial charge < -0.3 is 5.32 Å². The lowest BCUT2D eigenvalue weighted by Crippen LogP contribution is -2.02. The van der Waals surface area contributed by atoms with Crippen LogP contribution in [0.25, 0.3) is 0 Å². The highest BCUT2D eigenvalue weighted by Gasteiger charge is 2.25. The van der Waals surface area contributed by atoms with Crippen LogP contribution >= 0.6 is 11.5 Å². The van der Waals surface area contributed by atoms with Crippen LogP contribution < -0.4 is 5.32 Å². The number of nitrogens with one attached hydrogen (secondary N) is 1. The van der Waals surface area contributed by atoms with Gasteiger partial charge in [0, 0.05) is 24.0 Å². The van der Waals surface area contributed by atoms with Gasteiger partial charge in [-0.15, -0.1) is 0 Å². The number of benzene rings is 1. The van der Waals surface area contributed by atoms with Crippen molar-refractivity contribution in [2.24, 2.45) is 0 Å². The van der Waals surface area contributed by atoms with Crippen molar-refractivity contribution in [3.8, 4) is 0 Å². The Kier molecular flexibility index (Phi) is 3.28. The smallest absolute Gasteiger partial charge is 0.202 e. The maximum absolute atomic E-state index is 4.61. The van der Waals surface area contributed by atoms with E-state index in [0.29, 0.717) is 5.92 Å². The molecule has 1 N–H and O–H groups in total. The Morgan fingerprint density at radius 2 is 2.00 bits per heavy atom. The van der Waals surface area contributed by atoms with Gasteiger partial charge in [-0.2, -0.15) is 4.37 Å². The predicted octanol–water partition coefficient (Wildman–Crippen LogP) is 3.24. The fraction of sp³-hybridized carbons (Fsp3) is 0.429. The molecule has 0 atom stereocenters. The van der Waals surface area contributed by atoms with Crippen LogP contribution in [-0.4, -0.2) is 15.9 Å². The van der Waals surface area contributed by atoms with Crippen LogP contribution in [0.1, 0.15) is 36.2 Å². The van der Waals surface area contributed by atoms with Gasteiger partial charge in [-0.1, -0.05) is 31.2 Å². The summed E-state index contributed by atoms with van der Waals surface area (Å²) >= 11 is 1.48. The SMILES string of the molecule is CCCNc1nc(C2Cc3ccccc3C2)ns1. The van der Waals surface area contributed by atoms with Gasteiger partial charge in [-0.25, -0.2) is 4.98 Å². The summed E-state index contributed by atoms with van der Waals surface area (Å²) in [6.07, 6.45) is 3.28. The largest absolute Gasteiger partial charge is 0.360 e. The molecule has 3 rings (SSSR count). The number of hydrogen-bond donors (Lipinski definition) is 1. The normalized spacial score (nSPS) is 14.7. The van der Waals surface area contributed by atoms with Crippen molar-refractivity contribution in [3.05, 3.63) is 41.2 Å². The number of anilines is 1. The van der Waals surface area contributed by atoms with E-state index in [1.54, 1.807) is 0 Å². The monoisotopic (exact) mass is 259 g/mol. The molecule has 1 aliphatic carbocycles. The van der Waals surface area contributed by atoms with E-state index in [0.717, 1.165) is 36.8 Å². The molecule has 18 heavy (non-hydrogen) atoms. The Hall–Kier alpha value is -1.42. The summed E-state index contributed by atoms with van der Waals surface area (Å²) in [5.74, 6) is 1.48. The first kappa shape index (κ1) is 11.7. The molecular formula is C14H17N3S. The molecule has 1 aliphatic rings. The molecule has 0 fully saturated rings. The van der Waals surface area contributed by atoms with Crippen LogP contribution in [0.2, 0.25) is 0 Å². The average Bonchev–Trinajstić information content (AvgIpc) is 3.02. The second-order valence-corrected chi connectivity index (χ2v) is 5.51. The molecule has 0 spiro atoms. The first-order chi connectivity index (χ1) is 8.86. The molecule has 3 nitrogen and oxygen atoms in total. The molecule has 0 radical (unpaired) electrons. The highest BCUT2D eigenvalue weighted by Crippen LogP contribution is 2.33. The zero-order valence-corrected chi connectivity index (χ0v) is 11.3. The maximum atomic E-state index is 4.61. The number of aromatic nitrogens is 2. The summed E-state index contributed by atoms with van der Waals surface area (Å²) in [5.41, 5.74) is 2.92. The number of nitrogens with zero attached hydrogens (tertiary/aromatic N) is 2. The molecule has 1 aromatic carbocycles. The summed E-state index contributed by atoms with van der Waals surface area (Å²) in [5, 5.41) is 4.27. The third kappa shape index (κ3) is 2.25. The minimum absolute atomic E-state index is 0.468. The van der Waals surface area contributed by atoms with Crippen molar-refractivity contribution < 1.29 is 0 Å². The van der Waals surface area contributed by atoms with E-state index in [4.69, 9.17) is 0 Å². The summed E-state index contributed by atoms with van der Waals surface area (Å²) < 4.78 is 4.50. The Bertz CT molecular complexity index is 510. The highest BCUT2D eigenvalue weighted by atomic mass is 32.1. The summed E-state index contributed by atoms with van der Waals surface area (Å²) in [7, 11) is 0. The Balaban J connectivity index is 1.72. The van der Waals surface area contributed by atoms with Gasteiger partial charge in [0.1, 0.15) is 5.82 Å². The fourth-order valence-corrected chi connectivity index (χ4v) is 3.12. The molecule has 0 amide bonds. The fourth-order valence-electron chi connectivity index (χ4n) is 2.45. The second kappa shape index (κ2) is 5.06. The Morgan fingerprint density at radius 3 is 2.67 bits per heavy atom. The van der Waals surface area contributed by atoms with Crippen LogP contribution in [0.5, 0.6) is 0 Å². The van der Waals surface area contributed by atoms with Crippen molar-refractivity contribution in [1.82, 2.24) is 9.36 Å². The van der Waals surface area contributed by atoms with Gasteiger partial charge in [0.15, 0.2) is 0 Å². The van der Waals surface area contributed by atoms with Gasteiger partial charge in [0.25, 0.3) is 0 Å². The third-order valence-electron chi connectivity index (χ3n) is 3.38. The molecule has 1 aromatic heterocycles. The zero-order chi connectivity index (χ0) is 12.4. The topological polar surface area (TPSA) is 37.8 Å². The molecule has 0 unspecified atom stereocenters.